The second kappa shape index (κ2) is 6.31. The van der Waals surface area contributed by atoms with Gasteiger partial charge in [0, 0.05) is 4.47 Å². The number of halogens is 1. The van der Waals surface area contributed by atoms with E-state index in [1.165, 1.54) is 0 Å². The van der Waals surface area contributed by atoms with Gasteiger partial charge in [0.25, 0.3) is 0 Å². The number of aromatic carboxylic acids is 1. The number of hydrogen-bond acceptors (Lipinski definition) is 2. The van der Waals surface area contributed by atoms with E-state index < -0.39 is 5.97 Å². The lowest BCUT2D eigenvalue weighted by Gasteiger charge is -2.14. The average molecular weight is 349 g/mol. The minimum atomic E-state index is -1.01. The second-order valence-corrected chi connectivity index (χ2v) is 6.14. The van der Waals surface area contributed by atoms with Crippen LogP contribution in [-0.4, -0.2) is 11.1 Å². The van der Waals surface area contributed by atoms with E-state index in [0.29, 0.717) is 21.9 Å². The molecule has 0 bridgehead atoms. The Bertz CT molecular complexity index is 678. The third-order valence-corrected chi connectivity index (χ3v) is 3.76. The molecule has 3 nitrogen and oxygen atoms in total. The zero-order chi connectivity index (χ0) is 15.6. The Morgan fingerprint density at radius 3 is 2.48 bits per heavy atom. The maximum atomic E-state index is 11.3. The number of carboxylic acid groups (broad SMARTS) is 1. The van der Waals surface area contributed by atoms with E-state index in [9.17, 15) is 9.90 Å². The monoisotopic (exact) mass is 348 g/mol. The van der Waals surface area contributed by atoms with Crippen LogP contribution in [0.1, 0.15) is 41.3 Å². The average Bonchev–Trinajstić information content (AvgIpc) is 2.42. The predicted octanol–water partition coefficient (Wildman–Crippen LogP) is 5.37. The van der Waals surface area contributed by atoms with Gasteiger partial charge in [-0.3, -0.25) is 0 Å². The number of carboxylic acids is 1. The highest BCUT2D eigenvalue weighted by Crippen LogP contribution is 2.32. The molecule has 0 fully saturated rings. The molecule has 0 radical (unpaired) electrons. The van der Waals surface area contributed by atoms with E-state index in [0.717, 1.165) is 11.1 Å². The van der Waals surface area contributed by atoms with Crippen molar-refractivity contribution in [3.63, 3.8) is 0 Å². The molecule has 2 aromatic carbocycles. The molecule has 0 aliphatic carbocycles. The van der Waals surface area contributed by atoms with Gasteiger partial charge < -0.3 is 9.84 Å². The Hall–Kier alpha value is -1.81. The summed E-state index contributed by atoms with van der Waals surface area (Å²) in [6.45, 7) is 6.16. The van der Waals surface area contributed by atoms with Crippen LogP contribution >= 0.6 is 15.9 Å². The van der Waals surface area contributed by atoms with Gasteiger partial charge in [-0.1, -0.05) is 41.9 Å². The first-order valence-corrected chi connectivity index (χ1v) is 7.49. The molecule has 0 aliphatic heterocycles. The molecule has 0 unspecified atom stereocenters. The van der Waals surface area contributed by atoms with Crippen LogP contribution in [0.5, 0.6) is 11.5 Å². The number of carbonyl (C=O) groups is 1. The lowest BCUT2D eigenvalue weighted by molar-refractivity contribution is 0.0694. The number of benzene rings is 2. The molecule has 110 valence electrons. The van der Waals surface area contributed by atoms with Crippen LogP contribution in [0.2, 0.25) is 0 Å². The van der Waals surface area contributed by atoms with Crippen LogP contribution in [0.15, 0.2) is 40.9 Å². The van der Waals surface area contributed by atoms with Crippen LogP contribution in [-0.2, 0) is 0 Å². The number of ether oxygens (including phenoxy) is 1. The SMILES string of the molecule is Cc1ccc(C(C)C)cc1Oc1ccc(Br)cc1C(=O)O. The predicted molar refractivity (Wildman–Crippen MR) is 86.4 cm³/mol. The van der Waals surface area contributed by atoms with E-state index in [1.54, 1.807) is 18.2 Å². The molecule has 1 N–H and O–H groups in total. The molecule has 4 heteroatoms. The normalized spacial score (nSPS) is 10.7. The second-order valence-electron chi connectivity index (χ2n) is 5.23. The van der Waals surface area contributed by atoms with Gasteiger partial charge in [0.15, 0.2) is 0 Å². The van der Waals surface area contributed by atoms with Gasteiger partial charge in [-0.15, -0.1) is 0 Å². The molecule has 2 rings (SSSR count). The Balaban J connectivity index is 2.43. The topological polar surface area (TPSA) is 46.5 Å². The molecule has 0 aromatic heterocycles. The highest BCUT2D eigenvalue weighted by molar-refractivity contribution is 9.10. The van der Waals surface area contributed by atoms with Crippen molar-refractivity contribution in [1.82, 2.24) is 0 Å². The van der Waals surface area contributed by atoms with Gasteiger partial charge in [-0.25, -0.2) is 4.79 Å². The van der Waals surface area contributed by atoms with E-state index in [4.69, 9.17) is 4.74 Å². The molecule has 0 heterocycles. The van der Waals surface area contributed by atoms with Gasteiger partial charge in [-0.05, 0) is 48.2 Å². The summed E-state index contributed by atoms with van der Waals surface area (Å²) in [5.41, 5.74) is 2.27. The van der Waals surface area contributed by atoms with Crippen molar-refractivity contribution in [3.05, 3.63) is 57.6 Å². The van der Waals surface area contributed by atoms with E-state index >= 15 is 0 Å². The maximum absolute atomic E-state index is 11.3. The lowest BCUT2D eigenvalue weighted by atomic mass is 10.0. The lowest BCUT2D eigenvalue weighted by Crippen LogP contribution is -2.01. The van der Waals surface area contributed by atoms with E-state index in [1.807, 2.05) is 19.1 Å². The van der Waals surface area contributed by atoms with E-state index in [-0.39, 0.29) is 5.56 Å². The first-order chi connectivity index (χ1) is 9.88. The molecule has 0 atom stereocenters. The largest absolute Gasteiger partial charge is 0.478 e. The van der Waals surface area contributed by atoms with Crippen molar-refractivity contribution in [2.75, 3.05) is 0 Å². The summed E-state index contributed by atoms with van der Waals surface area (Å²) in [6.07, 6.45) is 0. The Morgan fingerprint density at radius 2 is 1.86 bits per heavy atom. The maximum Gasteiger partial charge on any atom is 0.339 e. The standard InChI is InChI=1S/C17H17BrO3/c1-10(2)12-5-4-11(3)16(8-12)21-15-7-6-13(18)9-14(15)17(19)20/h4-10H,1-3H3,(H,19,20). The first kappa shape index (κ1) is 15.6. The van der Waals surface area contributed by atoms with Crippen molar-refractivity contribution in [1.29, 1.82) is 0 Å². The molecule has 0 saturated carbocycles. The van der Waals surface area contributed by atoms with Crippen LogP contribution in [0.3, 0.4) is 0 Å². The summed E-state index contributed by atoms with van der Waals surface area (Å²) in [6, 6.07) is 11.0. The third kappa shape index (κ3) is 3.64. The van der Waals surface area contributed by atoms with Crippen LogP contribution in [0, 0.1) is 6.92 Å². The Morgan fingerprint density at radius 1 is 1.14 bits per heavy atom. The van der Waals surface area contributed by atoms with E-state index in [2.05, 4.69) is 35.8 Å². The summed E-state index contributed by atoms with van der Waals surface area (Å²) in [5.74, 6) is 0.404. The fourth-order valence-corrected chi connectivity index (χ4v) is 2.32. The molecular weight excluding hydrogens is 332 g/mol. The van der Waals surface area contributed by atoms with Crippen molar-refractivity contribution < 1.29 is 14.6 Å². The van der Waals surface area contributed by atoms with Crippen molar-refractivity contribution in [2.45, 2.75) is 26.7 Å². The minimum absolute atomic E-state index is 0.138. The van der Waals surface area contributed by atoms with Crippen LogP contribution < -0.4 is 4.74 Å². The van der Waals surface area contributed by atoms with Gasteiger partial charge in [-0.2, -0.15) is 0 Å². The Labute approximate surface area is 132 Å². The van der Waals surface area contributed by atoms with Crippen LogP contribution in [0.4, 0.5) is 0 Å². The number of hydrogen-bond donors (Lipinski definition) is 1. The van der Waals surface area contributed by atoms with Gasteiger partial charge >= 0.3 is 5.97 Å². The Kier molecular flexibility index (Phi) is 4.68. The number of rotatable bonds is 4. The summed E-state index contributed by atoms with van der Waals surface area (Å²) in [7, 11) is 0. The van der Waals surface area contributed by atoms with Crippen molar-refractivity contribution in [3.8, 4) is 11.5 Å². The molecule has 0 saturated heterocycles. The first-order valence-electron chi connectivity index (χ1n) is 6.69. The molecule has 2 aromatic rings. The molecule has 0 amide bonds. The molecule has 0 spiro atoms. The summed E-state index contributed by atoms with van der Waals surface area (Å²) < 4.78 is 6.55. The zero-order valence-corrected chi connectivity index (χ0v) is 13.8. The highest BCUT2D eigenvalue weighted by atomic mass is 79.9. The molecule has 0 aliphatic rings. The smallest absolute Gasteiger partial charge is 0.339 e. The molecule has 21 heavy (non-hydrogen) atoms. The quantitative estimate of drug-likeness (QED) is 0.807. The fourth-order valence-electron chi connectivity index (χ4n) is 1.96. The summed E-state index contributed by atoms with van der Waals surface area (Å²) >= 11 is 3.28. The third-order valence-electron chi connectivity index (χ3n) is 3.27. The van der Waals surface area contributed by atoms with Gasteiger partial charge in [0.1, 0.15) is 17.1 Å². The van der Waals surface area contributed by atoms with Gasteiger partial charge in [0.05, 0.1) is 0 Å². The highest BCUT2D eigenvalue weighted by Gasteiger charge is 2.14. The van der Waals surface area contributed by atoms with Crippen molar-refractivity contribution >= 4 is 21.9 Å². The fraction of sp³-hybridized carbons (Fsp3) is 0.235. The van der Waals surface area contributed by atoms with Gasteiger partial charge in [0.2, 0.25) is 0 Å². The van der Waals surface area contributed by atoms with Crippen molar-refractivity contribution in [2.24, 2.45) is 0 Å². The molecular formula is C17H17BrO3. The summed E-state index contributed by atoms with van der Waals surface area (Å²) in [5, 5.41) is 9.28. The minimum Gasteiger partial charge on any atom is -0.478 e. The summed E-state index contributed by atoms with van der Waals surface area (Å²) in [4.78, 5) is 11.3. The van der Waals surface area contributed by atoms with Crippen LogP contribution in [0.25, 0.3) is 0 Å². The number of aryl methyl sites for hydroxylation is 1. The zero-order valence-electron chi connectivity index (χ0n) is 12.2.